The molecule has 2 aromatic rings. The molecule has 0 saturated carbocycles. The number of fused-ring (bicyclic) bond motifs is 1. The Hall–Kier alpha value is -2.10. The summed E-state index contributed by atoms with van der Waals surface area (Å²) < 4.78 is 1.93. The number of nitrogens with zero attached hydrogens (tertiary/aromatic N) is 2. The van der Waals surface area contributed by atoms with Gasteiger partial charge in [-0.1, -0.05) is 18.2 Å². The molecule has 1 aromatic heterocycles. The highest BCUT2D eigenvalue weighted by Gasteiger charge is 2.26. The lowest BCUT2D eigenvalue weighted by Crippen LogP contribution is -2.24. The number of carbonyl (C=O) groups excluding carboxylic acids is 1. The van der Waals surface area contributed by atoms with Gasteiger partial charge in [-0.3, -0.25) is 9.48 Å². The molecule has 1 aliphatic heterocycles. The van der Waals surface area contributed by atoms with Crippen LogP contribution < -0.4 is 5.32 Å². The van der Waals surface area contributed by atoms with E-state index in [1.807, 2.05) is 29.8 Å². The Kier molecular flexibility index (Phi) is 3.78. The van der Waals surface area contributed by atoms with E-state index in [-0.39, 0.29) is 5.92 Å². The Bertz CT molecular complexity index is 660. The molecule has 4 nitrogen and oxygen atoms in total. The van der Waals surface area contributed by atoms with Gasteiger partial charge in [-0.05, 0) is 38.0 Å². The summed E-state index contributed by atoms with van der Waals surface area (Å²) >= 11 is 0. The van der Waals surface area contributed by atoms with Gasteiger partial charge >= 0.3 is 0 Å². The van der Waals surface area contributed by atoms with Gasteiger partial charge in [-0.15, -0.1) is 0 Å². The molecule has 0 bridgehead atoms. The predicted molar refractivity (Wildman–Crippen MR) is 83.6 cm³/mol. The smallest absolute Gasteiger partial charge is 0.146 e. The van der Waals surface area contributed by atoms with Crippen LogP contribution in [0.5, 0.6) is 0 Å². The largest absolute Gasteiger partial charge is 0.385 e. The molecule has 1 aromatic carbocycles. The van der Waals surface area contributed by atoms with Crippen LogP contribution in [-0.4, -0.2) is 22.1 Å². The van der Waals surface area contributed by atoms with Crippen LogP contribution in [0.25, 0.3) is 0 Å². The topological polar surface area (TPSA) is 46.9 Å². The molecule has 110 valence electrons. The minimum absolute atomic E-state index is 0.00274. The van der Waals surface area contributed by atoms with Gasteiger partial charge in [0.25, 0.3) is 0 Å². The Labute approximate surface area is 125 Å². The maximum absolute atomic E-state index is 12.7. The average molecular weight is 283 g/mol. The van der Waals surface area contributed by atoms with Crippen LogP contribution in [0.3, 0.4) is 0 Å². The van der Waals surface area contributed by atoms with E-state index in [1.165, 1.54) is 0 Å². The molecule has 1 atom stereocenters. The van der Waals surface area contributed by atoms with Gasteiger partial charge in [-0.25, -0.2) is 0 Å². The molecule has 2 heterocycles. The SMILES string of the molecule is CCn1nc(C)cc1CC(=O)C1CCNc2ccccc21. The van der Waals surface area contributed by atoms with Crippen molar-refractivity contribution in [3.63, 3.8) is 0 Å². The first-order chi connectivity index (χ1) is 10.2. The molecule has 0 saturated heterocycles. The number of benzene rings is 1. The Morgan fingerprint density at radius 2 is 2.24 bits per heavy atom. The molecule has 0 radical (unpaired) electrons. The van der Waals surface area contributed by atoms with Crippen LogP contribution in [-0.2, 0) is 17.8 Å². The van der Waals surface area contributed by atoms with E-state index >= 15 is 0 Å². The lowest BCUT2D eigenvalue weighted by atomic mass is 9.86. The van der Waals surface area contributed by atoms with Crippen molar-refractivity contribution in [1.82, 2.24) is 9.78 Å². The van der Waals surface area contributed by atoms with Gasteiger partial charge in [0.2, 0.25) is 0 Å². The van der Waals surface area contributed by atoms with Crippen molar-refractivity contribution in [2.75, 3.05) is 11.9 Å². The van der Waals surface area contributed by atoms with Crippen molar-refractivity contribution in [2.45, 2.75) is 39.2 Å². The normalized spacial score (nSPS) is 17.1. The zero-order valence-electron chi connectivity index (χ0n) is 12.6. The van der Waals surface area contributed by atoms with Crippen molar-refractivity contribution < 1.29 is 4.79 Å². The number of rotatable bonds is 4. The van der Waals surface area contributed by atoms with Gasteiger partial charge in [0, 0.05) is 36.8 Å². The monoisotopic (exact) mass is 283 g/mol. The third kappa shape index (κ3) is 2.71. The van der Waals surface area contributed by atoms with E-state index in [9.17, 15) is 4.79 Å². The second-order valence-electron chi connectivity index (χ2n) is 5.59. The van der Waals surface area contributed by atoms with Gasteiger partial charge in [0.1, 0.15) is 5.78 Å². The third-order valence-electron chi connectivity index (χ3n) is 4.11. The summed E-state index contributed by atoms with van der Waals surface area (Å²) in [6.07, 6.45) is 1.34. The first-order valence-corrected chi connectivity index (χ1v) is 7.58. The molecule has 1 N–H and O–H groups in total. The van der Waals surface area contributed by atoms with E-state index < -0.39 is 0 Å². The Morgan fingerprint density at radius 3 is 3.05 bits per heavy atom. The number of para-hydroxylation sites is 1. The van der Waals surface area contributed by atoms with Gasteiger partial charge < -0.3 is 5.32 Å². The second-order valence-corrected chi connectivity index (χ2v) is 5.59. The molecular formula is C17H21N3O. The Morgan fingerprint density at radius 1 is 1.43 bits per heavy atom. The van der Waals surface area contributed by atoms with Crippen molar-refractivity contribution in [3.8, 4) is 0 Å². The molecule has 4 heteroatoms. The minimum Gasteiger partial charge on any atom is -0.385 e. The fraction of sp³-hybridized carbons (Fsp3) is 0.412. The number of Topliss-reactive ketones (excluding diaryl/α,β-unsaturated/α-hetero) is 1. The zero-order chi connectivity index (χ0) is 14.8. The van der Waals surface area contributed by atoms with E-state index in [4.69, 9.17) is 0 Å². The second kappa shape index (κ2) is 5.72. The molecular weight excluding hydrogens is 262 g/mol. The number of hydrogen-bond acceptors (Lipinski definition) is 3. The first kappa shape index (κ1) is 13.9. The van der Waals surface area contributed by atoms with Gasteiger partial charge in [-0.2, -0.15) is 5.10 Å². The van der Waals surface area contributed by atoms with Crippen molar-refractivity contribution in [1.29, 1.82) is 0 Å². The summed E-state index contributed by atoms with van der Waals surface area (Å²) in [5, 5.41) is 7.79. The van der Waals surface area contributed by atoms with Gasteiger partial charge in [0.05, 0.1) is 5.69 Å². The summed E-state index contributed by atoms with van der Waals surface area (Å²) in [5.74, 6) is 0.293. The number of hydrogen-bond donors (Lipinski definition) is 1. The summed E-state index contributed by atoms with van der Waals surface area (Å²) in [5.41, 5.74) is 4.23. The van der Waals surface area contributed by atoms with Crippen LogP contribution in [0, 0.1) is 6.92 Å². The molecule has 21 heavy (non-hydrogen) atoms. The standard InChI is InChI=1S/C17H21N3O/c1-3-20-13(10-12(2)19-20)11-17(21)15-8-9-18-16-7-5-4-6-14(15)16/h4-7,10,15,18H,3,8-9,11H2,1-2H3. The number of ketones is 1. The maximum Gasteiger partial charge on any atom is 0.146 e. The number of aromatic nitrogens is 2. The quantitative estimate of drug-likeness (QED) is 0.938. The number of carbonyl (C=O) groups is 1. The minimum atomic E-state index is 0.00274. The summed E-state index contributed by atoms with van der Waals surface area (Å²) in [7, 11) is 0. The average Bonchev–Trinajstić information content (AvgIpc) is 2.86. The van der Waals surface area contributed by atoms with E-state index in [0.29, 0.717) is 12.2 Å². The molecule has 0 amide bonds. The van der Waals surface area contributed by atoms with Crippen LogP contribution >= 0.6 is 0 Å². The van der Waals surface area contributed by atoms with Gasteiger partial charge in [0.15, 0.2) is 0 Å². The molecule has 1 unspecified atom stereocenters. The van der Waals surface area contributed by atoms with Crippen molar-refractivity contribution in [2.24, 2.45) is 0 Å². The van der Waals surface area contributed by atoms with E-state index in [2.05, 4.69) is 29.5 Å². The van der Waals surface area contributed by atoms with Crippen molar-refractivity contribution >= 4 is 11.5 Å². The first-order valence-electron chi connectivity index (χ1n) is 7.58. The molecule has 3 rings (SSSR count). The lowest BCUT2D eigenvalue weighted by Gasteiger charge is -2.25. The molecule has 1 aliphatic rings. The van der Waals surface area contributed by atoms with Crippen LogP contribution in [0.2, 0.25) is 0 Å². The highest BCUT2D eigenvalue weighted by Crippen LogP contribution is 2.32. The zero-order valence-corrected chi connectivity index (χ0v) is 12.6. The predicted octanol–water partition coefficient (Wildman–Crippen LogP) is 2.92. The lowest BCUT2D eigenvalue weighted by molar-refractivity contribution is -0.120. The molecule has 0 spiro atoms. The third-order valence-corrected chi connectivity index (χ3v) is 4.11. The molecule has 0 fully saturated rings. The van der Waals surface area contributed by atoms with E-state index in [0.717, 1.165) is 42.1 Å². The summed E-state index contributed by atoms with van der Waals surface area (Å²) in [4.78, 5) is 12.7. The highest BCUT2D eigenvalue weighted by atomic mass is 16.1. The summed E-state index contributed by atoms with van der Waals surface area (Å²) in [6.45, 7) is 5.69. The fourth-order valence-corrected chi connectivity index (χ4v) is 3.12. The Balaban J connectivity index is 1.83. The van der Waals surface area contributed by atoms with Crippen LogP contribution in [0.4, 0.5) is 5.69 Å². The number of nitrogens with one attached hydrogen (secondary N) is 1. The number of anilines is 1. The maximum atomic E-state index is 12.7. The number of aryl methyl sites for hydroxylation is 2. The molecule has 0 aliphatic carbocycles. The van der Waals surface area contributed by atoms with Crippen LogP contribution in [0.15, 0.2) is 30.3 Å². The summed E-state index contributed by atoms with van der Waals surface area (Å²) in [6, 6.07) is 10.1. The van der Waals surface area contributed by atoms with Crippen LogP contribution in [0.1, 0.15) is 36.2 Å². The van der Waals surface area contributed by atoms with E-state index in [1.54, 1.807) is 0 Å². The fourth-order valence-electron chi connectivity index (χ4n) is 3.12. The highest BCUT2D eigenvalue weighted by molar-refractivity contribution is 5.89. The van der Waals surface area contributed by atoms with Crippen molar-refractivity contribution in [3.05, 3.63) is 47.3 Å².